The third-order valence-corrected chi connectivity index (χ3v) is 2.45. The Morgan fingerprint density at radius 3 is 2.47 bits per heavy atom. The van der Waals surface area contributed by atoms with Gasteiger partial charge in [0.2, 0.25) is 0 Å². The molecule has 0 radical (unpaired) electrons. The molecule has 0 aliphatic rings. The van der Waals surface area contributed by atoms with Crippen LogP contribution in [0, 0.1) is 0 Å². The highest BCUT2D eigenvalue weighted by atomic mass is 16.5. The third-order valence-electron chi connectivity index (χ3n) is 2.45. The van der Waals surface area contributed by atoms with Crippen molar-refractivity contribution in [2.75, 3.05) is 14.2 Å². The Labute approximate surface area is 108 Å². The van der Waals surface area contributed by atoms with E-state index < -0.39 is 11.9 Å². The first-order valence-corrected chi connectivity index (χ1v) is 5.35. The summed E-state index contributed by atoms with van der Waals surface area (Å²) in [6.07, 6.45) is 1.56. The normalized spacial score (nSPS) is 10.0. The molecule has 0 aromatic carbocycles. The largest absolute Gasteiger partial charge is 0.465 e. The topological polar surface area (TPSA) is 94.2 Å². The average Bonchev–Trinajstić information content (AvgIpc) is 2.91. The lowest BCUT2D eigenvalue weighted by atomic mass is 10.1. The number of carbonyl (C=O) groups excluding carboxylic acids is 2. The van der Waals surface area contributed by atoms with E-state index in [1.54, 1.807) is 24.4 Å². The van der Waals surface area contributed by atoms with Crippen LogP contribution in [-0.2, 0) is 9.47 Å². The molecule has 2 aromatic heterocycles. The first-order valence-electron chi connectivity index (χ1n) is 5.35. The summed E-state index contributed by atoms with van der Waals surface area (Å²) in [6.45, 7) is 0. The minimum Gasteiger partial charge on any atom is -0.465 e. The van der Waals surface area contributed by atoms with Gasteiger partial charge in [0, 0.05) is 6.20 Å². The van der Waals surface area contributed by atoms with Gasteiger partial charge in [-0.3, -0.25) is 10.1 Å². The van der Waals surface area contributed by atoms with Crippen molar-refractivity contribution in [3.05, 3.63) is 35.7 Å². The maximum atomic E-state index is 11.8. The molecule has 2 heterocycles. The molecule has 0 fully saturated rings. The van der Waals surface area contributed by atoms with Crippen molar-refractivity contribution in [3.63, 3.8) is 0 Å². The lowest BCUT2D eigenvalue weighted by Gasteiger charge is -2.02. The Morgan fingerprint density at radius 1 is 1.16 bits per heavy atom. The molecule has 0 bridgehead atoms. The second kappa shape index (κ2) is 5.30. The maximum absolute atomic E-state index is 11.8. The van der Waals surface area contributed by atoms with Gasteiger partial charge >= 0.3 is 11.9 Å². The van der Waals surface area contributed by atoms with Crippen molar-refractivity contribution in [1.82, 2.24) is 15.2 Å². The van der Waals surface area contributed by atoms with Gasteiger partial charge in [0.1, 0.15) is 11.3 Å². The molecule has 2 rings (SSSR count). The highest BCUT2D eigenvalue weighted by molar-refractivity contribution is 6.05. The van der Waals surface area contributed by atoms with Crippen LogP contribution in [0.5, 0.6) is 0 Å². The predicted molar refractivity (Wildman–Crippen MR) is 64.5 cm³/mol. The van der Waals surface area contributed by atoms with Crippen LogP contribution in [0.15, 0.2) is 24.4 Å². The summed E-state index contributed by atoms with van der Waals surface area (Å²) in [5, 5.41) is 6.41. The van der Waals surface area contributed by atoms with E-state index in [4.69, 9.17) is 0 Å². The number of H-pyrrole nitrogens is 1. The molecule has 0 saturated carbocycles. The number of methoxy groups -OCH3 is 2. The summed E-state index contributed by atoms with van der Waals surface area (Å²) >= 11 is 0. The van der Waals surface area contributed by atoms with Crippen molar-refractivity contribution >= 4 is 11.9 Å². The van der Waals surface area contributed by atoms with Crippen LogP contribution in [0.1, 0.15) is 20.8 Å². The van der Waals surface area contributed by atoms with Gasteiger partial charge in [-0.05, 0) is 12.1 Å². The fourth-order valence-corrected chi connectivity index (χ4v) is 1.58. The molecule has 0 unspecified atom stereocenters. The lowest BCUT2D eigenvalue weighted by Crippen LogP contribution is -2.11. The molecule has 2 aromatic rings. The monoisotopic (exact) mass is 261 g/mol. The van der Waals surface area contributed by atoms with Crippen LogP contribution in [-0.4, -0.2) is 41.3 Å². The van der Waals surface area contributed by atoms with Crippen LogP contribution < -0.4 is 0 Å². The summed E-state index contributed by atoms with van der Waals surface area (Å²) < 4.78 is 9.24. The number of ether oxygens (including phenoxy) is 2. The van der Waals surface area contributed by atoms with Gasteiger partial charge in [0.25, 0.3) is 0 Å². The van der Waals surface area contributed by atoms with E-state index in [0.29, 0.717) is 5.69 Å². The summed E-state index contributed by atoms with van der Waals surface area (Å²) in [5.41, 5.74) is 0.644. The number of rotatable bonds is 3. The molecule has 0 saturated heterocycles. The van der Waals surface area contributed by atoms with E-state index in [9.17, 15) is 9.59 Å². The van der Waals surface area contributed by atoms with Crippen LogP contribution in [0.25, 0.3) is 11.4 Å². The van der Waals surface area contributed by atoms with Gasteiger partial charge in [-0.15, -0.1) is 0 Å². The minimum absolute atomic E-state index is 0.00745. The fraction of sp³-hybridized carbons (Fsp3) is 0.167. The average molecular weight is 261 g/mol. The minimum atomic E-state index is -0.699. The Hall–Kier alpha value is -2.70. The summed E-state index contributed by atoms with van der Waals surface area (Å²) in [7, 11) is 2.43. The summed E-state index contributed by atoms with van der Waals surface area (Å²) in [4.78, 5) is 27.5. The van der Waals surface area contributed by atoms with Crippen molar-refractivity contribution in [1.29, 1.82) is 0 Å². The standard InChI is InChI=1S/C12H11N3O4/c1-18-11(16)8-9(7-5-3-4-6-13-7)14-15-10(8)12(17)19-2/h3-6H,1-2H3,(H,14,15). The molecule has 0 amide bonds. The molecule has 98 valence electrons. The van der Waals surface area contributed by atoms with Crippen LogP contribution >= 0.6 is 0 Å². The smallest absolute Gasteiger partial charge is 0.357 e. The zero-order valence-corrected chi connectivity index (χ0v) is 10.3. The molecule has 7 heteroatoms. The Morgan fingerprint density at radius 2 is 1.89 bits per heavy atom. The molecule has 0 atom stereocenters. The zero-order chi connectivity index (χ0) is 13.8. The van der Waals surface area contributed by atoms with E-state index in [-0.39, 0.29) is 17.0 Å². The SMILES string of the molecule is COC(=O)c1[nH]nc(-c2ccccn2)c1C(=O)OC. The number of aromatic nitrogens is 3. The number of nitrogens with zero attached hydrogens (tertiary/aromatic N) is 2. The first kappa shape index (κ1) is 12.7. The van der Waals surface area contributed by atoms with Crippen LogP contribution in [0.2, 0.25) is 0 Å². The number of hydrogen-bond acceptors (Lipinski definition) is 6. The molecular weight excluding hydrogens is 250 g/mol. The zero-order valence-electron chi connectivity index (χ0n) is 10.3. The van der Waals surface area contributed by atoms with Gasteiger partial charge in [-0.25, -0.2) is 9.59 Å². The maximum Gasteiger partial charge on any atom is 0.357 e. The van der Waals surface area contributed by atoms with E-state index in [2.05, 4.69) is 24.7 Å². The quantitative estimate of drug-likeness (QED) is 0.830. The number of pyridine rings is 1. The molecule has 7 nitrogen and oxygen atoms in total. The molecule has 19 heavy (non-hydrogen) atoms. The number of nitrogens with one attached hydrogen (secondary N) is 1. The third kappa shape index (κ3) is 2.30. The highest BCUT2D eigenvalue weighted by Crippen LogP contribution is 2.23. The molecule has 0 aliphatic carbocycles. The lowest BCUT2D eigenvalue weighted by molar-refractivity contribution is 0.0552. The van der Waals surface area contributed by atoms with Gasteiger partial charge < -0.3 is 9.47 Å². The molecule has 0 aliphatic heterocycles. The van der Waals surface area contributed by atoms with E-state index in [0.717, 1.165) is 0 Å². The van der Waals surface area contributed by atoms with Crippen molar-refractivity contribution in [3.8, 4) is 11.4 Å². The number of carbonyl (C=O) groups is 2. The Bertz CT molecular complexity index is 607. The van der Waals surface area contributed by atoms with Crippen LogP contribution in [0.4, 0.5) is 0 Å². The molecule has 1 N–H and O–H groups in total. The van der Waals surface area contributed by atoms with Crippen LogP contribution in [0.3, 0.4) is 0 Å². The van der Waals surface area contributed by atoms with E-state index in [1.165, 1.54) is 14.2 Å². The van der Waals surface area contributed by atoms with Crippen molar-refractivity contribution in [2.24, 2.45) is 0 Å². The summed E-state index contributed by atoms with van der Waals surface area (Å²) in [5.74, 6) is -1.38. The van der Waals surface area contributed by atoms with Gasteiger partial charge in [0.05, 0.1) is 19.9 Å². The second-order valence-electron chi connectivity index (χ2n) is 3.52. The fourth-order valence-electron chi connectivity index (χ4n) is 1.58. The van der Waals surface area contributed by atoms with Gasteiger partial charge in [0.15, 0.2) is 5.69 Å². The molecule has 0 spiro atoms. The van der Waals surface area contributed by atoms with Crippen molar-refractivity contribution in [2.45, 2.75) is 0 Å². The van der Waals surface area contributed by atoms with E-state index >= 15 is 0 Å². The Balaban J connectivity index is 2.60. The van der Waals surface area contributed by atoms with Gasteiger partial charge in [-0.2, -0.15) is 5.10 Å². The van der Waals surface area contributed by atoms with Gasteiger partial charge in [-0.1, -0.05) is 6.07 Å². The Kier molecular flexibility index (Phi) is 3.56. The first-order chi connectivity index (χ1) is 9.19. The number of esters is 2. The predicted octanol–water partition coefficient (Wildman–Crippen LogP) is 1.04. The highest BCUT2D eigenvalue weighted by Gasteiger charge is 2.27. The van der Waals surface area contributed by atoms with Crippen molar-refractivity contribution < 1.29 is 19.1 Å². The van der Waals surface area contributed by atoms with E-state index in [1.807, 2.05) is 0 Å². The second-order valence-corrected chi connectivity index (χ2v) is 3.52. The number of hydrogen-bond donors (Lipinski definition) is 1. The molecular formula is C12H11N3O4. The number of aromatic amines is 1. The summed E-state index contributed by atoms with van der Waals surface area (Å²) in [6, 6.07) is 5.15.